The fraction of sp³-hybridized carbons (Fsp3) is 0.417. The number of benzene rings is 2. The van der Waals surface area contributed by atoms with Gasteiger partial charge >= 0.3 is 0 Å². The van der Waals surface area contributed by atoms with E-state index in [0.717, 1.165) is 48.9 Å². The van der Waals surface area contributed by atoms with Crippen molar-refractivity contribution in [3.05, 3.63) is 54.2 Å². The van der Waals surface area contributed by atoms with E-state index in [1.165, 1.54) is 25.0 Å². The number of halogens is 1. The van der Waals surface area contributed by atoms with Gasteiger partial charge in [0.15, 0.2) is 5.58 Å². The molecule has 1 aliphatic heterocycles. The van der Waals surface area contributed by atoms with Crippen LogP contribution in [0.2, 0.25) is 0 Å². The van der Waals surface area contributed by atoms with Crippen LogP contribution in [0.3, 0.4) is 0 Å². The number of fused-ring (bicyclic) bond motifs is 1. The molecule has 152 valence electrons. The largest absolute Gasteiger partial charge is 0.438 e. The van der Waals surface area contributed by atoms with Crippen LogP contribution < -0.4 is 0 Å². The van der Waals surface area contributed by atoms with Gasteiger partial charge in [0.2, 0.25) is 11.8 Å². The summed E-state index contributed by atoms with van der Waals surface area (Å²) in [5.74, 6) is 0.546. The van der Waals surface area contributed by atoms with Gasteiger partial charge in [-0.15, -0.1) is 0 Å². The van der Waals surface area contributed by atoms with Crippen molar-refractivity contribution in [3.63, 3.8) is 0 Å². The highest BCUT2D eigenvalue weighted by molar-refractivity contribution is 5.81. The number of rotatable bonds is 7. The van der Waals surface area contributed by atoms with E-state index in [0.29, 0.717) is 17.9 Å². The molecule has 29 heavy (non-hydrogen) atoms. The van der Waals surface area contributed by atoms with E-state index in [4.69, 9.17) is 9.40 Å². The molecule has 2 heterocycles. The van der Waals surface area contributed by atoms with Crippen molar-refractivity contribution in [3.8, 4) is 11.1 Å². The van der Waals surface area contributed by atoms with Gasteiger partial charge in [-0.25, -0.2) is 9.37 Å². The first-order chi connectivity index (χ1) is 14.2. The molecule has 0 radical (unpaired) electrons. The lowest BCUT2D eigenvalue weighted by Gasteiger charge is -2.22. The third-order valence-electron chi connectivity index (χ3n) is 5.66. The molecule has 4 nitrogen and oxygen atoms in total. The van der Waals surface area contributed by atoms with Gasteiger partial charge in [-0.3, -0.25) is 4.79 Å². The predicted octanol–water partition coefficient (Wildman–Crippen LogP) is 6.27. The summed E-state index contributed by atoms with van der Waals surface area (Å²) in [6.07, 6.45) is 6.84. The molecule has 5 heteroatoms. The number of aromatic nitrogens is 1. The van der Waals surface area contributed by atoms with Crippen LogP contribution in [0.5, 0.6) is 0 Å². The predicted molar refractivity (Wildman–Crippen MR) is 112 cm³/mol. The molecule has 3 aromatic rings. The zero-order valence-electron chi connectivity index (χ0n) is 16.9. The third-order valence-corrected chi connectivity index (χ3v) is 5.66. The minimum atomic E-state index is -0.262. The molecule has 1 aliphatic rings. The molecule has 1 atom stereocenters. The van der Waals surface area contributed by atoms with Gasteiger partial charge in [0.05, 0.1) is 0 Å². The molecule has 0 aliphatic carbocycles. The van der Waals surface area contributed by atoms with Gasteiger partial charge in [0, 0.05) is 13.0 Å². The van der Waals surface area contributed by atoms with Crippen LogP contribution in [0.25, 0.3) is 22.2 Å². The molecule has 2 aromatic carbocycles. The van der Waals surface area contributed by atoms with E-state index >= 15 is 0 Å². The monoisotopic (exact) mass is 394 g/mol. The minimum absolute atomic E-state index is 0.0845. The first kappa shape index (κ1) is 19.6. The summed E-state index contributed by atoms with van der Waals surface area (Å²) in [6, 6.07) is 12.1. The smallest absolute Gasteiger partial charge is 0.223 e. The number of carbonyl (C=O) groups excluding carboxylic acids is 1. The Bertz CT molecular complexity index is 997. The molecule has 1 aromatic heterocycles. The van der Waals surface area contributed by atoms with Crippen LogP contribution in [0.1, 0.15) is 63.8 Å². The quantitative estimate of drug-likeness (QED) is 0.444. The fourth-order valence-corrected chi connectivity index (χ4v) is 4.10. The molecule has 4 rings (SSSR count). The van der Waals surface area contributed by atoms with Gasteiger partial charge in [-0.05, 0) is 54.7 Å². The maximum Gasteiger partial charge on any atom is 0.223 e. The highest BCUT2D eigenvalue weighted by atomic mass is 19.1. The lowest BCUT2D eigenvalue weighted by atomic mass is 10.1. The van der Waals surface area contributed by atoms with Crippen LogP contribution in [0.15, 0.2) is 46.9 Å². The van der Waals surface area contributed by atoms with Crippen molar-refractivity contribution >= 4 is 17.0 Å². The number of hydrogen-bond donors (Lipinski definition) is 0. The van der Waals surface area contributed by atoms with Crippen LogP contribution in [-0.4, -0.2) is 22.3 Å². The van der Waals surface area contributed by atoms with E-state index in [2.05, 4.69) is 6.92 Å². The Labute approximate surface area is 170 Å². The average Bonchev–Trinajstić information content (AvgIpc) is 3.37. The van der Waals surface area contributed by atoms with Crippen LogP contribution in [0, 0.1) is 5.82 Å². The summed E-state index contributed by atoms with van der Waals surface area (Å²) in [5.41, 5.74) is 3.14. The van der Waals surface area contributed by atoms with E-state index in [9.17, 15) is 9.18 Å². The van der Waals surface area contributed by atoms with E-state index in [1.54, 1.807) is 6.07 Å². The second-order valence-electron chi connectivity index (χ2n) is 7.80. The van der Waals surface area contributed by atoms with Gasteiger partial charge in [-0.2, -0.15) is 0 Å². The lowest BCUT2D eigenvalue weighted by molar-refractivity contribution is -0.132. The molecule has 1 saturated heterocycles. The van der Waals surface area contributed by atoms with Crippen molar-refractivity contribution in [1.29, 1.82) is 0 Å². The Hall–Kier alpha value is -2.69. The SMILES string of the molecule is CCCCCCC(=O)N1CCC[C@H]1c1nc2cc(-c3cccc(F)c3)ccc2o1. The molecule has 0 spiro atoms. The van der Waals surface area contributed by atoms with Gasteiger partial charge in [-0.1, -0.05) is 44.4 Å². The van der Waals surface area contributed by atoms with Gasteiger partial charge in [0.25, 0.3) is 0 Å². The number of unbranched alkanes of at least 4 members (excludes halogenated alkanes) is 3. The topological polar surface area (TPSA) is 46.3 Å². The van der Waals surface area contributed by atoms with E-state index < -0.39 is 0 Å². The van der Waals surface area contributed by atoms with Gasteiger partial charge < -0.3 is 9.32 Å². The van der Waals surface area contributed by atoms with E-state index in [1.807, 2.05) is 29.2 Å². The Morgan fingerprint density at radius 2 is 2.03 bits per heavy atom. The normalized spacial score (nSPS) is 16.6. The lowest BCUT2D eigenvalue weighted by Crippen LogP contribution is -2.30. The van der Waals surface area contributed by atoms with Crippen molar-refractivity contribution in [1.82, 2.24) is 9.88 Å². The third kappa shape index (κ3) is 4.34. The Morgan fingerprint density at radius 3 is 2.86 bits per heavy atom. The first-order valence-corrected chi connectivity index (χ1v) is 10.6. The number of likely N-dealkylation sites (tertiary alicyclic amines) is 1. The molecular formula is C24H27FN2O2. The number of amides is 1. The average molecular weight is 394 g/mol. The minimum Gasteiger partial charge on any atom is -0.438 e. The molecular weight excluding hydrogens is 367 g/mol. The van der Waals surface area contributed by atoms with Crippen LogP contribution in [0.4, 0.5) is 4.39 Å². The summed E-state index contributed by atoms with van der Waals surface area (Å²) < 4.78 is 19.6. The summed E-state index contributed by atoms with van der Waals surface area (Å²) in [4.78, 5) is 19.3. The van der Waals surface area contributed by atoms with Gasteiger partial charge in [0.1, 0.15) is 17.4 Å². The Morgan fingerprint density at radius 1 is 1.17 bits per heavy atom. The fourth-order valence-electron chi connectivity index (χ4n) is 4.10. The first-order valence-electron chi connectivity index (χ1n) is 10.6. The molecule has 0 bridgehead atoms. The highest BCUT2D eigenvalue weighted by Gasteiger charge is 2.33. The summed E-state index contributed by atoms with van der Waals surface area (Å²) in [6.45, 7) is 2.94. The number of hydrogen-bond acceptors (Lipinski definition) is 3. The second-order valence-corrected chi connectivity index (χ2v) is 7.80. The maximum absolute atomic E-state index is 13.6. The van der Waals surface area contributed by atoms with Crippen LogP contribution >= 0.6 is 0 Å². The number of nitrogens with zero attached hydrogens (tertiary/aromatic N) is 2. The number of carbonyl (C=O) groups is 1. The number of oxazole rings is 1. The van der Waals surface area contributed by atoms with Crippen LogP contribution in [-0.2, 0) is 4.79 Å². The highest BCUT2D eigenvalue weighted by Crippen LogP contribution is 2.35. The van der Waals surface area contributed by atoms with Crippen molar-refractivity contribution in [2.24, 2.45) is 0 Å². The molecule has 0 saturated carbocycles. The van der Waals surface area contributed by atoms with Crippen molar-refractivity contribution in [2.45, 2.75) is 57.9 Å². The Kier molecular flexibility index (Phi) is 5.93. The molecule has 0 unspecified atom stereocenters. The standard InChI is InChI=1S/C24H27FN2O2/c1-2-3-4-5-11-23(28)27-14-7-10-21(27)24-26-20-16-18(12-13-22(20)29-24)17-8-6-9-19(25)15-17/h6,8-9,12-13,15-16,21H,2-5,7,10-11,14H2,1H3/t21-/m0/s1. The summed E-state index contributed by atoms with van der Waals surface area (Å²) in [7, 11) is 0. The summed E-state index contributed by atoms with van der Waals surface area (Å²) >= 11 is 0. The second kappa shape index (κ2) is 8.76. The Balaban J connectivity index is 1.53. The maximum atomic E-state index is 13.6. The molecule has 0 N–H and O–H groups in total. The van der Waals surface area contributed by atoms with Crippen molar-refractivity contribution < 1.29 is 13.6 Å². The zero-order valence-corrected chi connectivity index (χ0v) is 16.9. The summed E-state index contributed by atoms with van der Waals surface area (Å²) in [5, 5.41) is 0. The molecule has 1 fully saturated rings. The van der Waals surface area contributed by atoms with Crippen molar-refractivity contribution in [2.75, 3.05) is 6.54 Å². The zero-order chi connectivity index (χ0) is 20.2. The van der Waals surface area contributed by atoms with E-state index in [-0.39, 0.29) is 17.8 Å². The molecule has 1 amide bonds.